The van der Waals surface area contributed by atoms with Crippen LogP contribution in [0, 0.1) is 5.92 Å². The van der Waals surface area contributed by atoms with Gasteiger partial charge in [-0.3, -0.25) is 14.4 Å². The van der Waals surface area contributed by atoms with Crippen molar-refractivity contribution in [2.45, 2.75) is 58.4 Å². The first-order valence-electron chi connectivity index (χ1n) is 12.7. The molecule has 9 nitrogen and oxygen atoms in total. The van der Waals surface area contributed by atoms with Crippen molar-refractivity contribution in [3.05, 3.63) is 64.6 Å². The second kappa shape index (κ2) is 12.3. The Hall–Kier alpha value is -4.01. The summed E-state index contributed by atoms with van der Waals surface area (Å²) < 4.78 is 12.7. The number of aromatic nitrogens is 3. The number of carbonyl (C=O) groups is 2. The largest absolute Gasteiger partial charge is 0.493 e. The van der Waals surface area contributed by atoms with Gasteiger partial charge in [0.1, 0.15) is 16.8 Å². The smallest absolute Gasteiger partial charge is 0.307 e. The molecule has 0 saturated heterocycles. The predicted octanol–water partition coefficient (Wildman–Crippen LogP) is 5.25. The number of aliphatic carboxylic acids is 1. The fourth-order valence-corrected chi connectivity index (χ4v) is 4.22. The number of ether oxygens (including phenoxy) is 1. The second-order valence-corrected chi connectivity index (χ2v) is 9.16. The highest BCUT2D eigenvalue weighted by atomic mass is 16.5. The van der Waals surface area contributed by atoms with Gasteiger partial charge in [-0.15, -0.1) is 5.10 Å². The molecule has 37 heavy (non-hydrogen) atoms. The van der Waals surface area contributed by atoms with Crippen LogP contribution in [0.25, 0.3) is 21.9 Å². The maximum absolute atomic E-state index is 12.9. The second-order valence-electron chi connectivity index (χ2n) is 9.16. The van der Waals surface area contributed by atoms with Gasteiger partial charge < -0.3 is 14.3 Å². The number of carboxylic acid groups (broad SMARTS) is 1. The summed E-state index contributed by atoms with van der Waals surface area (Å²) in [5, 5.41) is 18.7. The van der Waals surface area contributed by atoms with Crippen LogP contribution >= 0.6 is 0 Å². The molecule has 0 aliphatic carbocycles. The van der Waals surface area contributed by atoms with Gasteiger partial charge in [-0.2, -0.15) is 0 Å². The van der Waals surface area contributed by atoms with E-state index in [2.05, 4.69) is 17.2 Å². The minimum absolute atomic E-state index is 0.0280. The third kappa shape index (κ3) is 6.61. The number of unbranched alkanes of at least 4 members (excludes halogenated alkanes) is 4. The van der Waals surface area contributed by atoms with Gasteiger partial charge in [-0.25, -0.2) is 4.68 Å². The molecule has 2 aromatic carbocycles. The lowest BCUT2D eigenvalue weighted by Gasteiger charge is -2.11. The van der Waals surface area contributed by atoms with Gasteiger partial charge >= 0.3 is 5.97 Å². The van der Waals surface area contributed by atoms with E-state index in [1.54, 1.807) is 36.4 Å². The Morgan fingerprint density at radius 1 is 1.08 bits per heavy atom. The molecule has 2 heterocycles. The number of furan rings is 1. The van der Waals surface area contributed by atoms with Crippen LogP contribution in [-0.2, 0) is 11.3 Å². The van der Waals surface area contributed by atoms with Crippen LogP contribution in [0.4, 0.5) is 0 Å². The van der Waals surface area contributed by atoms with E-state index < -0.39 is 17.7 Å². The van der Waals surface area contributed by atoms with E-state index in [9.17, 15) is 19.5 Å². The number of aryl methyl sites for hydroxylation is 1. The molecule has 0 saturated carbocycles. The molecule has 1 N–H and O–H groups in total. The van der Waals surface area contributed by atoms with Crippen molar-refractivity contribution < 1.29 is 23.8 Å². The number of hydrogen-bond donors (Lipinski definition) is 1. The lowest BCUT2D eigenvalue weighted by molar-refractivity contribution is -0.142. The fourth-order valence-electron chi connectivity index (χ4n) is 4.22. The van der Waals surface area contributed by atoms with Crippen molar-refractivity contribution in [3.8, 4) is 5.75 Å². The molecule has 4 rings (SSSR count). The SMILES string of the molecule is CCCCCCCOc1ccc2cc(C(=O)CC(CCn3nnc4ccccc4c3=O)C(=O)O)oc2c1. The molecule has 4 aromatic rings. The standard InChI is InChI=1S/C28H31N3O6/c1-2-3-4-5-8-15-36-21-12-11-19-17-26(37-25(19)18-21)24(32)16-20(28(34)35)13-14-31-27(33)22-9-6-7-10-23(22)29-30-31/h6-7,9-12,17-18,20H,2-5,8,13-16H2,1H3,(H,34,35). The van der Waals surface area contributed by atoms with Crippen molar-refractivity contribution in [2.24, 2.45) is 5.92 Å². The Morgan fingerprint density at radius 3 is 2.70 bits per heavy atom. The molecule has 0 aliphatic rings. The van der Waals surface area contributed by atoms with Gasteiger partial charge in [0.05, 0.1) is 17.9 Å². The Kier molecular flexibility index (Phi) is 8.66. The highest BCUT2D eigenvalue weighted by Gasteiger charge is 2.24. The lowest BCUT2D eigenvalue weighted by Crippen LogP contribution is -2.27. The number of ketones is 1. The zero-order valence-corrected chi connectivity index (χ0v) is 20.9. The normalized spacial score (nSPS) is 12.1. The fraction of sp³-hybridized carbons (Fsp3) is 0.393. The van der Waals surface area contributed by atoms with Gasteiger partial charge in [-0.05, 0) is 43.2 Å². The van der Waals surface area contributed by atoms with Crippen molar-refractivity contribution in [2.75, 3.05) is 6.61 Å². The number of benzene rings is 2. The maximum atomic E-state index is 12.9. The maximum Gasteiger partial charge on any atom is 0.307 e. The predicted molar refractivity (Wildman–Crippen MR) is 139 cm³/mol. The van der Waals surface area contributed by atoms with E-state index >= 15 is 0 Å². The van der Waals surface area contributed by atoms with E-state index in [4.69, 9.17) is 9.15 Å². The van der Waals surface area contributed by atoms with Gasteiger partial charge in [-0.1, -0.05) is 50.0 Å². The molecule has 0 spiro atoms. The third-order valence-corrected chi connectivity index (χ3v) is 6.38. The van der Waals surface area contributed by atoms with E-state index in [0.717, 1.165) is 22.9 Å². The van der Waals surface area contributed by atoms with Gasteiger partial charge in [0, 0.05) is 24.4 Å². The first-order chi connectivity index (χ1) is 18.0. The molecule has 0 bridgehead atoms. The molecule has 0 radical (unpaired) electrons. The highest BCUT2D eigenvalue weighted by Crippen LogP contribution is 2.26. The van der Waals surface area contributed by atoms with Crippen LogP contribution in [-0.4, -0.2) is 38.5 Å². The molecule has 0 aliphatic heterocycles. The monoisotopic (exact) mass is 505 g/mol. The van der Waals surface area contributed by atoms with Gasteiger partial charge in [0.2, 0.25) is 0 Å². The minimum atomic E-state index is -1.12. The molecule has 0 fully saturated rings. The van der Waals surface area contributed by atoms with Crippen molar-refractivity contribution in [3.63, 3.8) is 0 Å². The van der Waals surface area contributed by atoms with Gasteiger partial charge in [0.25, 0.3) is 5.56 Å². The van der Waals surface area contributed by atoms with Gasteiger partial charge in [0.15, 0.2) is 11.5 Å². The summed E-state index contributed by atoms with van der Waals surface area (Å²) in [6, 6.07) is 13.8. The van der Waals surface area contributed by atoms with Crippen LogP contribution in [0.5, 0.6) is 5.75 Å². The lowest BCUT2D eigenvalue weighted by atomic mass is 9.98. The van der Waals surface area contributed by atoms with Crippen LogP contribution in [0.1, 0.15) is 62.4 Å². The van der Waals surface area contributed by atoms with Crippen LogP contribution < -0.4 is 10.3 Å². The summed E-state index contributed by atoms with van der Waals surface area (Å²) in [6.07, 6.45) is 5.52. The number of hydrogen-bond acceptors (Lipinski definition) is 7. The number of carbonyl (C=O) groups excluding carboxylic acids is 1. The quantitative estimate of drug-likeness (QED) is 0.182. The number of rotatable bonds is 14. The molecule has 1 unspecified atom stereocenters. The topological polar surface area (TPSA) is 125 Å². The van der Waals surface area contributed by atoms with Crippen molar-refractivity contribution >= 4 is 33.6 Å². The summed E-state index contributed by atoms with van der Waals surface area (Å²) >= 11 is 0. The highest BCUT2D eigenvalue weighted by molar-refractivity contribution is 5.99. The first-order valence-corrected chi connectivity index (χ1v) is 12.7. The Balaban J connectivity index is 1.37. The molecule has 0 amide bonds. The zero-order valence-electron chi connectivity index (χ0n) is 20.9. The average molecular weight is 506 g/mol. The first kappa shape index (κ1) is 26.1. The molecular weight excluding hydrogens is 474 g/mol. The van der Waals surface area contributed by atoms with E-state index in [0.29, 0.717) is 28.8 Å². The summed E-state index contributed by atoms with van der Waals surface area (Å²) in [5.41, 5.74) is 0.633. The van der Waals surface area contributed by atoms with E-state index in [1.807, 2.05) is 12.1 Å². The Labute approximate surface area is 214 Å². The summed E-state index contributed by atoms with van der Waals surface area (Å²) in [4.78, 5) is 37.4. The third-order valence-electron chi connectivity index (χ3n) is 6.38. The number of fused-ring (bicyclic) bond motifs is 2. The summed E-state index contributed by atoms with van der Waals surface area (Å²) in [6.45, 7) is 2.83. The minimum Gasteiger partial charge on any atom is -0.493 e. The average Bonchev–Trinajstić information content (AvgIpc) is 3.33. The Morgan fingerprint density at radius 2 is 1.89 bits per heavy atom. The summed E-state index contributed by atoms with van der Waals surface area (Å²) in [5.74, 6) is -1.78. The van der Waals surface area contributed by atoms with E-state index in [-0.39, 0.29) is 30.7 Å². The number of carboxylic acids is 1. The number of nitrogens with zero attached hydrogens (tertiary/aromatic N) is 3. The molecule has 9 heteroatoms. The molecule has 194 valence electrons. The molecular formula is C28H31N3O6. The van der Waals surface area contributed by atoms with E-state index in [1.165, 1.54) is 19.3 Å². The zero-order chi connectivity index (χ0) is 26.2. The Bertz CT molecular complexity index is 1440. The summed E-state index contributed by atoms with van der Waals surface area (Å²) in [7, 11) is 0. The van der Waals surface area contributed by atoms with Crippen LogP contribution in [0.2, 0.25) is 0 Å². The number of Topliss-reactive ketones (excluding diaryl/α,β-unsaturated/α-hetero) is 1. The van der Waals surface area contributed by atoms with Crippen molar-refractivity contribution in [1.29, 1.82) is 0 Å². The molecule has 2 aromatic heterocycles. The van der Waals surface area contributed by atoms with Crippen molar-refractivity contribution in [1.82, 2.24) is 15.0 Å². The van der Waals surface area contributed by atoms with Crippen LogP contribution in [0.15, 0.2) is 57.7 Å². The molecule has 1 atom stereocenters. The van der Waals surface area contributed by atoms with Crippen LogP contribution in [0.3, 0.4) is 0 Å².